The molecule has 2 fully saturated rings. The molecule has 0 saturated heterocycles. The number of amides is 1. The Morgan fingerprint density at radius 3 is 2.36 bits per heavy atom. The zero-order chi connectivity index (χ0) is 19.0. The predicted molar refractivity (Wildman–Crippen MR) is 113 cm³/mol. The van der Waals surface area contributed by atoms with Gasteiger partial charge in [0.25, 0.3) is 0 Å². The van der Waals surface area contributed by atoms with Gasteiger partial charge in [-0.25, -0.2) is 0 Å². The Labute approximate surface area is 166 Å². The van der Waals surface area contributed by atoms with Gasteiger partial charge in [-0.1, -0.05) is 36.4 Å². The fourth-order valence-electron chi connectivity index (χ4n) is 5.43. The first-order valence-electron chi connectivity index (χ1n) is 10.4. The summed E-state index contributed by atoms with van der Waals surface area (Å²) in [6.45, 7) is 0. The second kappa shape index (κ2) is 7.05. The highest BCUT2D eigenvalue weighted by molar-refractivity contribution is 5.93. The average Bonchev–Trinajstić information content (AvgIpc) is 2.73. The van der Waals surface area contributed by atoms with E-state index in [1.54, 1.807) is 0 Å². The lowest BCUT2D eigenvalue weighted by Crippen LogP contribution is -2.48. The molecule has 0 aliphatic heterocycles. The number of hydrogen-bond acceptors (Lipinski definition) is 2. The van der Waals surface area contributed by atoms with E-state index < -0.39 is 0 Å². The maximum atomic E-state index is 12.9. The van der Waals surface area contributed by atoms with Gasteiger partial charge in [0.2, 0.25) is 5.91 Å². The van der Waals surface area contributed by atoms with Crippen molar-refractivity contribution in [1.82, 2.24) is 4.98 Å². The summed E-state index contributed by atoms with van der Waals surface area (Å²) in [6, 6.07) is 20.5. The van der Waals surface area contributed by atoms with Gasteiger partial charge >= 0.3 is 0 Å². The van der Waals surface area contributed by atoms with Gasteiger partial charge in [-0.05, 0) is 79.7 Å². The van der Waals surface area contributed by atoms with Crippen molar-refractivity contribution in [2.75, 3.05) is 5.32 Å². The van der Waals surface area contributed by atoms with Crippen molar-refractivity contribution < 1.29 is 4.79 Å². The second-order valence-corrected chi connectivity index (χ2v) is 8.50. The largest absolute Gasteiger partial charge is 0.326 e. The molecule has 3 heteroatoms. The topological polar surface area (TPSA) is 42.0 Å². The molecule has 3 aromatic rings. The Morgan fingerprint density at radius 2 is 1.61 bits per heavy atom. The van der Waals surface area contributed by atoms with E-state index in [4.69, 9.17) is 0 Å². The van der Waals surface area contributed by atoms with Gasteiger partial charge in [0.05, 0.1) is 5.52 Å². The van der Waals surface area contributed by atoms with Crippen LogP contribution in [0.1, 0.15) is 50.0 Å². The maximum absolute atomic E-state index is 12.9. The van der Waals surface area contributed by atoms with Crippen LogP contribution in [0.4, 0.5) is 5.69 Å². The predicted octanol–water partition coefficient (Wildman–Crippen LogP) is 5.93. The highest BCUT2D eigenvalue weighted by atomic mass is 16.2. The van der Waals surface area contributed by atoms with Crippen LogP contribution in [0.25, 0.3) is 10.9 Å². The van der Waals surface area contributed by atoms with Crippen LogP contribution in [0.2, 0.25) is 0 Å². The molecule has 1 spiro atoms. The van der Waals surface area contributed by atoms with Crippen LogP contribution in [-0.4, -0.2) is 10.9 Å². The van der Waals surface area contributed by atoms with Crippen molar-refractivity contribution in [3.8, 4) is 0 Å². The Hall–Kier alpha value is -2.68. The van der Waals surface area contributed by atoms with Crippen LogP contribution >= 0.6 is 0 Å². The van der Waals surface area contributed by atoms with Gasteiger partial charge in [0, 0.05) is 23.2 Å². The molecule has 0 radical (unpaired) electrons. The summed E-state index contributed by atoms with van der Waals surface area (Å²) >= 11 is 0. The van der Waals surface area contributed by atoms with E-state index in [9.17, 15) is 4.79 Å². The quantitative estimate of drug-likeness (QED) is 0.621. The Kier molecular flexibility index (Phi) is 4.38. The highest BCUT2D eigenvalue weighted by Gasteiger charge is 2.51. The third kappa shape index (κ3) is 2.99. The number of carbonyl (C=O) groups excluding carboxylic acids is 1. The van der Waals surface area contributed by atoms with Crippen molar-refractivity contribution in [2.24, 2.45) is 11.3 Å². The van der Waals surface area contributed by atoms with E-state index in [1.807, 2.05) is 36.5 Å². The zero-order valence-electron chi connectivity index (χ0n) is 16.1. The lowest BCUT2D eigenvalue weighted by molar-refractivity contribution is -0.133. The second-order valence-electron chi connectivity index (χ2n) is 8.50. The molecule has 5 rings (SSSR count). The molecule has 1 amide bonds. The first-order valence-corrected chi connectivity index (χ1v) is 10.4. The Bertz CT molecular complexity index is 984. The Morgan fingerprint density at radius 1 is 0.893 bits per heavy atom. The number of aromatic nitrogens is 1. The van der Waals surface area contributed by atoms with Crippen LogP contribution in [0.15, 0.2) is 66.9 Å². The van der Waals surface area contributed by atoms with Crippen molar-refractivity contribution in [2.45, 2.75) is 44.4 Å². The molecule has 28 heavy (non-hydrogen) atoms. The van der Waals surface area contributed by atoms with E-state index in [-0.39, 0.29) is 17.2 Å². The normalized spacial score (nSPS) is 26.7. The van der Waals surface area contributed by atoms with Crippen LogP contribution in [-0.2, 0) is 4.79 Å². The fourth-order valence-corrected chi connectivity index (χ4v) is 5.43. The first kappa shape index (κ1) is 17.4. The van der Waals surface area contributed by atoms with E-state index in [2.05, 4.69) is 40.6 Å². The number of benzene rings is 2. The van der Waals surface area contributed by atoms with Gasteiger partial charge in [-0.3, -0.25) is 9.78 Å². The Balaban J connectivity index is 1.29. The highest BCUT2D eigenvalue weighted by Crippen LogP contribution is 2.58. The summed E-state index contributed by atoms with van der Waals surface area (Å²) in [5.41, 5.74) is 3.65. The van der Waals surface area contributed by atoms with Crippen LogP contribution < -0.4 is 5.32 Å². The molecule has 1 atom stereocenters. The van der Waals surface area contributed by atoms with Crippen LogP contribution in [0, 0.1) is 11.3 Å². The third-order valence-corrected chi connectivity index (χ3v) is 7.13. The number of pyridine rings is 1. The smallest absolute Gasteiger partial charge is 0.228 e. The van der Waals surface area contributed by atoms with E-state index in [1.165, 1.54) is 30.2 Å². The van der Waals surface area contributed by atoms with E-state index in [0.717, 1.165) is 30.5 Å². The van der Waals surface area contributed by atoms with Crippen molar-refractivity contribution in [1.29, 1.82) is 0 Å². The molecule has 2 aliphatic carbocycles. The summed E-state index contributed by atoms with van der Waals surface area (Å²) in [7, 11) is 0. The lowest BCUT2D eigenvalue weighted by atomic mass is 9.52. The summed E-state index contributed by atoms with van der Waals surface area (Å²) in [5.74, 6) is 0.963. The summed E-state index contributed by atoms with van der Waals surface area (Å²) < 4.78 is 0. The van der Waals surface area contributed by atoms with Crippen LogP contribution in [0.3, 0.4) is 0 Å². The average molecular weight is 370 g/mol. The minimum atomic E-state index is 0.169. The maximum Gasteiger partial charge on any atom is 0.228 e. The monoisotopic (exact) mass is 370 g/mol. The van der Waals surface area contributed by atoms with Gasteiger partial charge in [-0.2, -0.15) is 0 Å². The molecule has 142 valence electrons. The molecule has 1 N–H and O–H groups in total. The third-order valence-electron chi connectivity index (χ3n) is 7.13. The SMILES string of the molecule is O=C(Nc1ccccc1)[C@H]1CCC12CCC(c1ccnc3ccccc13)CC2. The molecule has 2 aliphatic rings. The molecule has 3 nitrogen and oxygen atoms in total. The number of hydrogen-bond donors (Lipinski definition) is 1. The van der Waals surface area contributed by atoms with Gasteiger partial charge < -0.3 is 5.32 Å². The molecule has 1 heterocycles. The van der Waals surface area contributed by atoms with Gasteiger partial charge in [-0.15, -0.1) is 0 Å². The van der Waals surface area contributed by atoms with E-state index >= 15 is 0 Å². The molecule has 2 saturated carbocycles. The number of fused-ring (bicyclic) bond motifs is 1. The zero-order valence-corrected chi connectivity index (χ0v) is 16.1. The van der Waals surface area contributed by atoms with Gasteiger partial charge in [0.15, 0.2) is 0 Å². The van der Waals surface area contributed by atoms with E-state index in [0.29, 0.717) is 5.92 Å². The molecule has 1 aromatic heterocycles. The van der Waals surface area contributed by atoms with Crippen molar-refractivity contribution in [3.63, 3.8) is 0 Å². The van der Waals surface area contributed by atoms with Gasteiger partial charge in [0.1, 0.15) is 0 Å². The molecule has 2 aromatic carbocycles. The minimum absolute atomic E-state index is 0.169. The number of rotatable bonds is 3. The van der Waals surface area contributed by atoms with Crippen molar-refractivity contribution in [3.05, 3.63) is 72.4 Å². The number of carbonyl (C=O) groups is 1. The number of nitrogens with zero attached hydrogens (tertiary/aromatic N) is 1. The standard InChI is InChI=1S/C25H26N2O/c28-24(27-19-6-2-1-3-7-19)22-12-16-25(22)14-10-18(11-15-25)20-13-17-26-23-9-5-4-8-21(20)23/h1-9,13,17-18,22H,10-12,14-16H2,(H,27,28)/t18?,22-,25?/m1/s1. The molecule has 0 bridgehead atoms. The summed E-state index contributed by atoms with van der Waals surface area (Å²) in [5, 5.41) is 4.43. The summed E-state index contributed by atoms with van der Waals surface area (Å²) in [4.78, 5) is 17.4. The number of para-hydroxylation sites is 2. The first-order chi connectivity index (χ1) is 13.8. The molecular weight excluding hydrogens is 344 g/mol. The fraction of sp³-hybridized carbons (Fsp3) is 0.360. The molecular formula is C25H26N2O. The number of anilines is 1. The number of nitrogens with one attached hydrogen (secondary N) is 1. The van der Waals surface area contributed by atoms with Crippen LogP contribution in [0.5, 0.6) is 0 Å². The minimum Gasteiger partial charge on any atom is -0.326 e. The molecule has 0 unspecified atom stereocenters. The lowest BCUT2D eigenvalue weighted by Gasteiger charge is -2.52. The van der Waals surface area contributed by atoms with Crippen molar-refractivity contribution >= 4 is 22.5 Å². The summed E-state index contributed by atoms with van der Waals surface area (Å²) in [6.07, 6.45) is 8.82.